The number of esters is 1. The van der Waals surface area contributed by atoms with Crippen molar-refractivity contribution in [2.24, 2.45) is 64.3 Å². The summed E-state index contributed by atoms with van der Waals surface area (Å²) in [5, 5.41) is 59.2. The molecule has 1 aliphatic carbocycles. The summed E-state index contributed by atoms with van der Waals surface area (Å²) in [7, 11) is 1.73. The summed E-state index contributed by atoms with van der Waals surface area (Å²) in [6, 6.07) is -1.13. The van der Waals surface area contributed by atoms with Crippen LogP contribution < -0.4 is 0 Å². The number of hydrogen-bond acceptors (Lipinski definition) is 13. The Kier molecular flexibility index (Phi) is 20.1. The van der Waals surface area contributed by atoms with Crippen molar-refractivity contribution in [2.45, 2.75) is 175 Å². The predicted octanol–water partition coefficient (Wildman–Crippen LogP) is 5.37. The molecule has 15 nitrogen and oxygen atoms in total. The normalized spacial score (nSPS) is 39.9. The molecule has 2 bridgehead atoms. The number of hydrogen-bond donors (Lipinski definition) is 5. The summed E-state index contributed by atoms with van der Waals surface area (Å²) in [5.41, 5.74) is 0.533. The van der Waals surface area contributed by atoms with Crippen LogP contribution in [0.25, 0.3) is 0 Å². The van der Waals surface area contributed by atoms with Crippen LogP contribution in [-0.4, -0.2) is 129 Å². The van der Waals surface area contributed by atoms with Crippen LogP contribution in [0.4, 0.5) is 0 Å². The maximum absolute atomic E-state index is 14.5. The van der Waals surface area contributed by atoms with E-state index in [9.17, 15) is 44.7 Å². The Morgan fingerprint density at radius 2 is 1.63 bits per heavy atom. The van der Waals surface area contributed by atoms with E-state index in [4.69, 9.17) is 19.0 Å². The van der Waals surface area contributed by atoms with Gasteiger partial charge in [0, 0.05) is 62.9 Å². The van der Waals surface area contributed by atoms with Crippen LogP contribution >= 0.6 is 0 Å². The number of carbonyl (C=O) groups is 4. The molecule has 0 radical (unpaired) electrons. The van der Waals surface area contributed by atoms with E-state index in [-0.39, 0.29) is 74.7 Å². The Labute approximate surface area is 369 Å². The number of carboxylic acids is 1. The molecule has 2 unspecified atom stereocenters. The van der Waals surface area contributed by atoms with E-state index in [1.807, 2.05) is 13.8 Å². The fourth-order valence-corrected chi connectivity index (χ4v) is 11.4. The molecule has 3 aliphatic heterocycles. The number of ether oxygens (including phenoxy) is 3. The van der Waals surface area contributed by atoms with E-state index in [0.29, 0.717) is 56.6 Å². The van der Waals surface area contributed by atoms with E-state index in [1.54, 1.807) is 14.0 Å². The molecule has 5 N–H and O–H groups in total. The average Bonchev–Trinajstić information content (AvgIpc) is 3.24. The number of carboxylic acid groups (broad SMARTS) is 1. The topological polar surface area (TPSA) is 222 Å². The third-order valence-corrected chi connectivity index (χ3v) is 14.9. The number of piperidine rings is 1. The van der Waals surface area contributed by atoms with Crippen molar-refractivity contribution in [3.05, 3.63) is 0 Å². The first-order valence-electron chi connectivity index (χ1n) is 23.7. The molecule has 16 atom stereocenters. The molecule has 1 amide bonds. The molecule has 1 saturated carbocycles. The van der Waals surface area contributed by atoms with Crippen molar-refractivity contribution in [3.63, 3.8) is 0 Å². The number of aliphatic carboxylic acids is 1. The van der Waals surface area contributed by atoms with Gasteiger partial charge in [-0.1, -0.05) is 60.0 Å². The molecule has 4 aliphatic rings. The van der Waals surface area contributed by atoms with Gasteiger partial charge in [-0.05, 0) is 107 Å². The molecule has 0 aromatic heterocycles. The van der Waals surface area contributed by atoms with Crippen LogP contribution in [0.3, 0.4) is 0 Å². The lowest BCUT2D eigenvalue weighted by Gasteiger charge is -2.47. The third kappa shape index (κ3) is 13.2. The maximum Gasteiger partial charge on any atom is 0.344 e. The Bertz CT molecular complexity index is 1500. The lowest BCUT2D eigenvalue weighted by molar-refractivity contribution is -0.289. The van der Waals surface area contributed by atoms with Crippen molar-refractivity contribution in [2.75, 3.05) is 33.5 Å². The lowest BCUT2D eigenvalue weighted by Crippen LogP contribution is -2.63. The Morgan fingerprint density at radius 1 is 0.952 bits per heavy atom. The minimum absolute atomic E-state index is 0.0200. The fraction of sp³-hybridized carbons (Fsp3) is 0.894. The summed E-state index contributed by atoms with van der Waals surface area (Å²) in [4.78, 5) is 61.2. The highest BCUT2D eigenvalue weighted by Crippen LogP contribution is 2.42. The first-order valence-corrected chi connectivity index (χ1v) is 23.7. The van der Waals surface area contributed by atoms with E-state index in [1.165, 1.54) is 4.90 Å². The van der Waals surface area contributed by atoms with Crippen LogP contribution in [0, 0.1) is 59.2 Å². The van der Waals surface area contributed by atoms with Gasteiger partial charge in [0.2, 0.25) is 12.4 Å². The van der Waals surface area contributed by atoms with Gasteiger partial charge < -0.3 is 49.5 Å². The number of aliphatic hydroxyl groups is 4. The van der Waals surface area contributed by atoms with Gasteiger partial charge in [-0.25, -0.2) is 9.59 Å². The quantitative estimate of drug-likeness (QED) is 0.100. The standard InChI is InChI=1S/C47H80N2O13/c1-9-12-34-18-27(2)17-28(3)19-35(24-50)43-36(25-51)21-31(6)47(58,62-43)44(55)45(56)49-16-11-10-13-38(49)46(57)61-42(30(5)20-33-15-14-29(4)40(22-33)59-8)32(7)39(52)23-37(34)48-60-26-41(53)54/h27-36,38-40,42-43,50-52,58H,9-26H2,1-8H3,(H,53,54)/t27?,28-,29+,30?,31+,32+,33-,34+,35+,36+,38-,39-,40+,42+,43+,47+/m0/s1. The van der Waals surface area contributed by atoms with Crippen molar-refractivity contribution in [1.82, 2.24) is 4.90 Å². The highest BCUT2D eigenvalue weighted by molar-refractivity contribution is 6.39. The van der Waals surface area contributed by atoms with Crippen LogP contribution in [-0.2, 0) is 38.2 Å². The van der Waals surface area contributed by atoms with Crippen molar-refractivity contribution >= 4 is 29.3 Å². The van der Waals surface area contributed by atoms with Crippen LogP contribution in [0.5, 0.6) is 0 Å². The minimum atomic E-state index is -2.55. The number of oxime groups is 1. The molecule has 0 aromatic carbocycles. The van der Waals surface area contributed by atoms with Crippen LogP contribution in [0.1, 0.15) is 138 Å². The monoisotopic (exact) mass is 881 g/mol. The second-order valence-corrected chi connectivity index (χ2v) is 20.0. The number of methoxy groups -OCH3 is 1. The summed E-state index contributed by atoms with van der Waals surface area (Å²) in [5.74, 6) is -8.87. The second-order valence-electron chi connectivity index (χ2n) is 20.0. The first-order chi connectivity index (χ1) is 29.4. The van der Waals surface area contributed by atoms with E-state index in [2.05, 4.69) is 32.9 Å². The molecule has 62 heavy (non-hydrogen) atoms. The number of cyclic esters (lactones) is 1. The van der Waals surface area contributed by atoms with Gasteiger partial charge in [-0.3, -0.25) is 9.59 Å². The molecule has 0 spiro atoms. The van der Waals surface area contributed by atoms with Crippen molar-refractivity contribution in [1.29, 1.82) is 0 Å². The zero-order valence-corrected chi connectivity index (χ0v) is 38.8. The van der Waals surface area contributed by atoms with E-state index in [0.717, 1.165) is 25.7 Å². The summed E-state index contributed by atoms with van der Waals surface area (Å²) >= 11 is 0. The van der Waals surface area contributed by atoms with Gasteiger partial charge in [-0.2, -0.15) is 0 Å². The highest BCUT2D eigenvalue weighted by atomic mass is 16.6. The number of Topliss-reactive ketones (excluding diaryl/α,β-unsaturated/α-hetero) is 1. The van der Waals surface area contributed by atoms with Gasteiger partial charge in [0.15, 0.2) is 0 Å². The molecule has 4 rings (SSSR count). The van der Waals surface area contributed by atoms with Crippen molar-refractivity contribution < 1.29 is 63.8 Å². The summed E-state index contributed by atoms with van der Waals surface area (Å²) in [6.45, 7) is 12.6. The smallest absolute Gasteiger partial charge is 0.344 e. The fourth-order valence-electron chi connectivity index (χ4n) is 11.4. The van der Waals surface area contributed by atoms with Crippen LogP contribution in [0.15, 0.2) is 5.16 Å². The summed E-state index contributed by atoms with van der Waals surface area (Å²) < 4.78 is 18.5. The zero-order valence-electron chi connectivity index (χ0n) is 38.8. The largest absolute Gasteiger partial charge is 0.479 e. The highest BCUT2D eigenvalue weighted by Gasteiger charge is 2.56. The first kappa shape index (κ1) is 51.9. The number of fused-ring (bicyclic) bond motifs is 3. The number of ketones is 1. The number of rotatable bonds is 11. The second kappa shape index (κ2) is 24.0. The molecular weight excluding hydrogens is 801 g/mol. The SMILES string of the molecule is CCC[C@@H]1CC(C)C[C@H](C)C[C@H](CO)[C@H]2O[C@@](O)(C(=O)C(=O)N3CCCC[C@H]3C(=O)O[C@H](C(C)C[C@@H]3CC[C@@H](C)[C@H](OC)C3)[C@H](C)[C@@H](O)CC1=NOCC(=O)O)[C@H](C)C[C@@H]2CO. The molecule has 356 valence electrons. The third-order valence-electron chi connectivity index (χ3n) is 14.9. The minimum Gasteiger partial charge on any atom is -0.479 e. The maximum atomic E-state index is 14.5. The lowest BCUT2D eigenvalue weighted by atomic mass is 9.74. The number of carbonyl (C=O) groups excluding carboxylic acids is 3. The van der Waals surface area contributed by atoms with E-state index >= 15 is 0 Å². The Morgan fingerprint density at radius 3 is 2.27 bits per heavy atom. The molecule has 4 fully saturated rings. The van der Waals surface area contributed by atoms with E-state index < -0.39 is 84.0 Å². The predicted molar refractivity (Wildman–Crippen MR) is 231 cm³/mol. The molecule has 15 heteroatoms. The Hall–Kier alpha value is -2.69. The molecule has 3 heterocycles. The summed E-state index contributed by atoms with van der Waals surface area (Å²) in [6.07, 6.45) is 5.65. The average molecular weight is 881 g/mol. The number of nitrogens with zero attached hydrogens (tertiary/aromatic N) is 2. The number of aliphatic hydroxyl groups excluding tert-OH is 3. The molecule has 0 aromatic rings. The van der Waals surface area contributed by atoms with Gasteiger partial charge in [0.25, 0.3) is 11.7 Å². The van der Waals surface area contributed by atoms with Gasteiger partial charge in [0.05, 0.1) is 24.0 Å². The van der Waals surface area contributed by atoms with Gasteiger partial charge in [-0.15, -0.1) is 0 Å². The van der Waals surface area contributed by atoms with Gasteiger partial charge in [0.1, 0.15) is 12.1 Å². The van der Waals surface area contributed by atoms with Crippen molar-refractivity contribution in [3.8, 4) is 0 Å². The zero-order chi connectivity index (χ0) is 45.9. The number of amides is 1. The molecular formula is C47H80N2O13. The van der Waals surface area contributed by atoms with Gasteiger partial charge >= 0.3 is 11.9 Å². The Balaban J connectivity index is 1.79. The van der Waals surface area contributed by atoms with Crippen LogP contribution in [0.2, 0.25) is 0 Å². The molecule has 3 saturated heterocycles.